The van der Waals surface area contributed by atoms with Crippen LogP contribution in [0.4, 0.5) is 5.69 Å². The summed E-state index contributed by atoms with van der Waals surface area (Å²) in [4.78, 5) is 22.7. The molecule has 0 fully saturated rings. The number of hydrogen-bond acceptors (Lipinski definition) is 3. The second-order valence-corrected chi connectivity index (χ2v) is 5.20. The Morgan fingerprint density at radius 2 is 1.90 bits per heavy atom. The van der Waals surface area contributed by atoms with Gasteiger partial charge in [0.15, 0.2) is 0 Å². The lowest BCUT2D eigenvalue weighted by atomic mass is 10.0. The zero-order valence-electron chi connectivity index (χ0n) is 11.0. The number of carbonyl (C=O) groups is 2. The second-order valence-electron chi connectivity index (χ2n) is 4.38. The molecule has 4 N–H and O–H groups in total. The van der Waals surface area contributed by atoms with Crippen LogP contribution >= 0.6 is 23.2 Å². The first-order valence-electron chi connectivity index (χ1n) is 6.11. The highest BCUT2D eigenvalue weighted by Crippen LogP contribution is 2.32. The predicted octanol–water partition coefficient (Wildman–Crippen LogP) is 3.01. The highest BCUT2D eigenvalue weighted by Gasteiger charge is 2.16. The second kappa shape index (κ2) is 7.47. The Balaban J connectivity index is 2.88. The number of hydrogen-bond donors (Lipinski definition) is 3. The number of amides is 1. The minimum Gasteiger partial charge on any atom is -0.478 e. The maximum Gasteiger partial charge on any atom is 0.335 e. The van der Waals surface area contributed by atoms with E-state index in [1.165, 1.54) is 12.1 Å². The molecule has 5 nitrogen and oxygen atoms in total. The number of nitrogens with one attached hydrogen (secondary N) is 1. The van der Waals surface area contributed by atoms with Crippen molar-refractivity contribution >= 4 is 40.8 Å². The number of carboxylic acids is 1. The topological polar surface area (TPSA) is 92.4 Å². The lowest BCUT2D eigenvalue weighted by Crippen LogP contribution is -2.22. The number of carbonyl (C=O) groups excluding carboxylic acids is 1. The van der Waals surface area contributed by atoms with Crippen molar-refractivity contribution < 1.29 is 14.7 Å². The van der Waals surface area contributed by atoms with E-state index in [-0.39, 0.29) is 39.5 Å². The Morgan fingerprint density at radius 1 is 1.35 bits per heavy atom. The van der Waals surface area contributed by atoms with Crippen LogP contribution in [0, 0.1) is 5.92 Å². The summed E-state index contributed by atoms with van der Waals surface area (Å²) in [5, 5.41) is 11.6. The van der Waals surface area contributed by atoms with Gasteiger partial charge in [0.05, 0.1) is 21.3 Å². The molecule has 0 spiro atoms. The molecule has 20 heavy (non-hydrogen) atoms. The van der Waals surface area contributed by atoms with Gasteiger partial charge >= 0.3 is 5.97 Å². The molecule has 1 atom stereocenters. The smallest absolute Gasteiger partial charge is 0.335 e. The number of rotatable bonds is 6. The Kier molecular flexibility index (Phi) is 6.26. The zero-order valence-corrected chi connectivity index (χ0v) is 12.5. The third kappa shape index (κ3) is 4.37. The van der Waals surface area contributed by atoms with Crippen LogP contribution in [0.15, 0.2) is 12.1 Å². The lowest BCUT2D eigenvalue weighted by Gasteiger charge is -2.14. The highest BCUT2D eigenvalue weighted by atomic mass is 35.5. The largest absolute Gasteiger partial charge is 0.478 e. The monoisotopic (exact) mass is 318 g/mol. The van der Waals surface area contributed by atoms with Gasteiger partial charge in [-0.05, 0) is 24.6 Å². The fraction of sp³-hybridized carbons (Fsp3) is 0.385. The van der Waals surface area contributed by atoms with E-state index in [1.54, 1.807) is 0 Å². The summed E-state index contributed by atoms with van der Waals surface area (Å²) in [7, 11) is 0. The minimum atomic E-state index is -1.14. The van der Waals surface area contributed by atoms with Crippen LogP contribution in [-0.4, -0.2) is 23.5 Å². The molecule has 1 unspecified atom stereocenters. The Morgan fingerprint density at radius 3 is 2.30 bits per heavy atom. The average molecular weight is 319 g/mol. The zero-order chi connectivity index (χ0) is 15.3. The van der Waals surface area contributed by atoms with E-state index in [4.69, 9.17) is 34.0 Å². The Labute approximate surface area is 127 Å². The Bertz CT molecular complexity index is 493. The number of benzene rings is 1. The maximum absolute atomic E-state index is 11.9. The van der Waals surface area contributed by atoms with Gasteiger partial charge in [-0.3, -0.25) is 4.79 Å². The third-order valence-corrected chi connectivity index (χ3v) is 3.53. The highest BCUT2D eigenvalue weighted by molar-refractivity contribution is 6.40. The van der Waals surface area contributed by atoms with Crippen molar-refractivity contribution in [2.45, 2.75) is 19.8 Å². The molecular formula is C13H16Cl2N2O3. The predicted molar refractivity (Wildman–Crippen MR) is 79.5 cm³/mol. The molecule has 0 saturated heterocycles. The van der Waals surface area contributed by atoms with Crippen molar-refractivity contribution in [2.75, 3.05) is 11.9 Å². The summed E-state index contributed by atoms with van der Waals surface area (Å²) in [6, 6.07) is 2.48. The third-order valence-electron chi connectivity index (χ3n) is 2.94. The molecule has 1 aromatic rings. The van der Waals surface area contributed by atoms with Crippen LogP contribution in [0.3, 0.4) is 0 Å². The van der Waals surface area contributed by atoms with Gasteiger partial charge in [0.2, 0.25) is 5.91 Å². The van der Waals surface area contributed by atoms with Gasteiger partial charge in [-0.1, -0.05) is 36.5 Å². The molecule has 0 aliphatic heterocycles. The molecule has 0 heterocycles. The van der Waals surface area contributed by atoms with E-state index in [1.807, 2.05) is 6.92 Å². The number of halogens is 2. The lowest BCUT2D eigenvalue weighted by molar-refractivity contribution is -0.117. The summed E-state index contributed by atoms with van der Waals surface area (Å²) in [5.41, 5.74) is 5.72. The van der Waals surface area contributed by atoms with Crippen molar-refractivity contribution in [3.63, 3.8) is 0 Å². The van der Waals surface area contributed by atoms with E-state index >= 15 is 0 Å². The Hall–Kier alpha value is -1.30. The molecular weight excluding hydrogens is 303 g/mol. The normalized spacial score (nSPS) is 12.0. The van der Waals surface area contributed by atoms with Gasteiger partial charge in [-0.2, -0.15) is 0 Å². The van der Waals surface area contributed by atoms with E-state index in [9.17, 15) is 9.59 Å². The first-order chi connectivity index (χ1) is 9.38. The van der Waals surface area contributed by atoms with Crippen LogP contribution in [0.2, 0.25) is 10.0 Å². The molecule has 0 aromatic heterocycles. The van der Waals surface area contributed by atoms with Crippen LogP contribution in [-0.2, 0) is 4.79 Å². The van der Waals surface area contributed by atoms with Crippen LogP contribution < -0.4 is 11.1 Å². The van der Waals surface area contributed by atoms with Gasteiger partial charge in [-0.25, -0.2) is 4.79 Å². The SMILES string of the molecule is CCC(CN)CC(=O)Nc1c(Cl)cc(C(=O)O)cc1Cl. The van der Waals surface area contributed by atoms with Crippen molar-refractivity contribution in [1.82, 2.24) is 0 Å². The first-order valence-corrected chi connectivity index (χ1v) is 6.86. The van der Waals surface area contributed by atoms with E-state index in [0.29, 0.717) is 6.54 Å². The van der Waals surface area contributed by atoms with E-state index in [0.717, 1.165) is 6.42 Å². The molecule has 0 saturated carbocycles. The quantitative estimate of drug-likeness (QED) is 0.751. The summed E-state index contributed by atoms with van der Waals surface area (Å²) < 4.78 is 0. The van der Waals surface area contributed by atoms with Gasteiger partial charge in [0.25, 0.3) is 0 Å². The van der Waals surface area contributed by atoms with E-state index < -0.39 is 5.97 Å². The van der Waals surface area contributed by atoms with Crippen molar-refractivity contribution in [1.29, 1.82) is 0 Å². The standard InChI is InChI=1S/C13H16Cl2N2O3/c1-2-7(6-16)3-11(18)17-12-9(14)4-8(13(19)20)5-10(12)15/h4-5,7H,2-3,6,16H2,1H3,(H,17,18)(H,19,20). The number of anilines is 1. The molecule has 0 aliphatic rings. The molecule has 0 bridgehead atoms. The molecule has 1 amide bonds. The van der Waals surface area contributed by atoms with E-state index in [2.05, 4.69) is 5.32 Å². The fourth-order valence-corrected chi connectivity index (χ4v) is 2.24. The minimum absolute atomic E-state index is 0.0357. The average Bonchev–Trinajstić information content (AvgIpc) is 2.39. The van der Waals surface area contributed by atoms with Crippen molar-refractivity contribution in [3.8, 4) is 0 Å². The number of aromatic carboxylic acids is 1. The fourth-order valence-electron chi connectivity index (χ4n) is 1.66. The summed E-state index contributed by atoms with van der Waals surface area (Å²) >= 11 is 11.9. The summed E-state index contributed by atoms with van der Waals surface area (Å²) in [5.74, 6) is -1.30. The van der Waals surface area contributed by atoms with Crippen LogP contribution in [0.5, 0.6) is 0 Å². The summed E-state index contributed by atoms with van der Waals surface area (Å²) in [6.45, 7) is 2.37. The summed E-state index contributed by atoms with van der Waals surface area (Å²) in [6.07, 6.45) is 1.06. The van der Waals surface area contributed by atoms with Crippen LogP contribution in [0.25, 0.3) is 0 Å². The van der Waals surface area contributed by atoms with Crippen molar-refractivity contribution in [3.05, 3.63) is 27.7 Å². The van der Waals surface area contributed by atoms with Gasteiger partial charge in [-0.15, -0.1) is 0 Å². The molecule has 1 aromatic carbocycles. The number of carboxylic acid groups (broad SMARTS) is 1. The van der Waals surface area contributed by atoms with Gasteiger partial charge in [0.1, 0.15) is 0 Å². The maximum atomic E-state index is 11.9. The molecule has 7 heteroatoms. The van der Waals surface area contributed by atoms with Crippen molar-refractivity contribution in [2.24, 2.45) is 11.7 Å². The molecule has 1 rings (SSSR count). The number of nitrogens with two attached hydrogens (primary N) is 1. The van der Waals surface area contributed by atoms with Gasteiger partial charge in [0, 0.05) is 6.42 Å². The molecule has 0 aliphatic carbocycles. The van der Waals surface area contributed by atoms with Crippen LogP contribution in [0.1, 0.15) is 30.1 Å². The first kappa shape index (κ1) is 16.8. The molecule has 110 valence electrons. The van der Waals surface area contributed by atoms with Gasteiger partial charge < -0.3 is 16.2 Å². The molecule has 0 radical (unpaired) electrons.